The Morgan fingerprint density at radius 3 is 3.21 bits per heavy atom. The fraction of sp³-hybridized carbons (Fsp3) is 0.417. The molecule has 0 saturated heterocycles. The van der Waals surface area contributed by atoms with Crippen LogP contribution in [0.1, 0.15) is 29.7 Å². The summed E-state index contributed by atoms with van der Waals surface area (Å²) in [5.74, 6) is 2.76. The topological polar surface area (TPSA) is 12.9 Å². The van der Waals surface area contributed by atoms with Crippen molar-refractivity contribution >= 4 is 11.8 Å². The molecule has 1 atom stereocenters. The molecule has 74 valence electrons. The number of allylic oxidation sites excluding steroid dienone is 1. The molecule has 0 aromatic carbocycles. The first-order valence-corrected chi connectivity index (χ1v) is 6.13. The Bertz CT molecular complexity index is 357. The summed E-state index contributed by atoms with van der Waals surface area (Å²) in [5, 5.41) is 0. The average molecular weight is 205 g/mol. The summed E-state index contributed by atoms with van der Waals surface area (Å²) < 4.78 is 0. The lowest BCUT2D eigenvalue weighted by Gasteiger charge is -2.17. The van der Waals surface area contributed by atoms with Crippen LogP contribution in [0.25, 0.3) is 0 Å². The summed E-state index contributed by atoms with van der Waals surface area (Å²) >= 11 is 1.97. The molecule has 0 bridgehead atoms. The Morgan fingerprint density at radius 1 is 1.50 bits per heavy atom. The number of fused-ring (bicyclic) bond motifs is 1. The van der Waals surface area contributed by atoms with Gasteiger partial charge in [0.15, 0.2) is 0 Å². The van der Waals surface area contributed by atoms with Crippen LogP contribution in [0.2, 0.25) is 0 Å². The van der Waals surface area contributed by atoms with Crippen LogP contribution in [-0.4, -0.2) is 10.7 Å². The SMILES string of the molecule is Cc1nccc2c1C(C)/C=C\CSC2. The molecule has 0 aliphatic carbocycles. The van der Waals surface area contributed by atoms with E-state index in [0.717, 1.165) is 11.5 Å². The summed E-state index contributed by atoms with van der Waals surface area (Å²) in [4.78, 5) is 4.37. The van der Waals surface area contributed by atoms with Gasteiger partial charge in [0.1, 0.15) is 0 Å². The Morgan fingerprint density at radius 2 is 2.36 bits per heavy atom. The second kappa shape index (κ2) is 4.18. The van der Waals surface area contributed by atoms with Gasteiger partial charge in [-0.3, -0.25) is 4.98 Å². The average Bonchev–Trinajstić information content (AvgIpc) is 2.13. The van der Waals surface area contributed by atoms with E-state index in [2.05, 4.69) is 37.0 Å². The van der Waals surface area contributed by atoms with Crippen molar-refractivity contribution in [3.63, 3.8) is 0 Å². The van der Waals surface area contributed by atoms with Crippen LogP contribution < -0.4 is 0 Å². The van der Waals surface area contributed by atoms with Crippen molar-refractivity contribution in [3.05, 3.63) is 41.2 Å². The smallest absolute Gasteiger partial charge is 0.0413 e. The monoisotopic (exact) mass is 205 g/mol. The first-order chi connectivity index (χ1) is 6.79. The predicted molar refractivity (Wildman–Crippen MR) is 62.7 cm³/mol. The first-order valence-electron chi connectivity index (χ1n) is 4.98. The highest BCUT2D eigenvalue weighted by molar-refractivity contribution is 7.98. The maximum absolute atomic E-state index is 4.37. The van der Waals surface area contributed by atoms with Crippen LogP contribution >= 0.6 is 11.8 Å². The standard InChI is InChI=1S/C12H15NS/c1-9-4-3-7-14-8-11-5-6-13-10(2)12(9)11/h3-6,9H,7-8H2,1-2H3/b4-3-. The molecule has 0 amide bonds. The quantitative estimate of drug-likeness (QED) is 0.603. The lowest BCUT2D eigenvalue weighted by Crippen LogP contribution is -2.03. The van der Waals surface area contributed by atoms with E-state index in [4.69, 9.17) is 0 Å². The molecule has 1 nitrogen and oxygen atoms in total. The van der Waals surface area contributed by atoms with Crippen molar-refractivity contribution in [2.24, 2.45) is 0 Å². The number of hydrogen-bond acceptors (Lipinski definition) is 2. The summed E-state index contributed by atoms with van der Waals surface area (Å²) in [6.45, 7) is 4.36. The molecule has 2 heterocycles. The van der Waals surface area contributed by atoms with E-state index in [9.17, 15) is 0 Å². The Kier molecular flexibility index (Phi) is 2.92. The van der Waals surface area contributed by atoms with Gasteiger partial charge in [-0.25, -0.2) is 0 Å². The molecule has 1 aliphatic rings. The Balaban J connectivity index is 2.49. The third-order valence-corrected chi connectivity index (χ3v) is 3.57. The van der Waals surface area contributed by atoms with Gasteiger partial charge in [-0.1, -0.05) is 19.1 Å². The predicted octanol–water partition coefficient (Wildman–Crippen LogP) is 3.30. The number of pyridine rings is 1. The summed E-state index contributed by atoms with van der Waals surface area (Å²) in [5.41, 5.74) is 4.07. The molecule has 1 aromatic rings. The molecule has 0 fully saturated rings. The number of nitrogens with zero attached hydrogens (tertiary/aromatic N) is 1. The minimum Gasteiger partial charge on any atom is -0.261 e. The molecule has 2 rings (SSSR count). The third-order valence-electron chi connectivity index (χ3n) is 2.63. The zero-order chi connectivity index (χ0) is 9.97. The number of aryl methyl sites for hydroxylation is 1. The second-order valence-corrected chi connectivity index (χ2v) is 4.73. The van der Waals surface area contributed by atoms with Gasteiger partial charge in [-0.2, -0.15) is 11.8 Å². The Hall–Kier alpha value is -0.760. The highest BCUT2D eigenvalue weighted by Gasteiger charge is 2.13. The molecule has 1 aliphatic heterocycles. The van der Waals surface area contributed by atoms with Crippen LogP contribution in [0.4, 0.5) is 0 Å². The Labute approximate surface area is 89.6 Å². The van der Waals surface area contributed by atoms with Crippen molar-refractivity contribution < 1.29 is 0 Å². The van der Waals surface area contributed by atoms with E-state index in [1.54, 1.807) is 0 Å². The van der Waals surface area contributed by atoms with Crippen LogP contribution in [0.15, 0.2) is 24.4 Å². The van der Waals surface area contributed by atoms with Crippen LogP contribution in [-0.2, 0) is 5.75 Å². The van der Waals surface area contributed by atoms with Crippen molar-refractivity contribution in [2.45, 2.75) is 25.5 Å². The van der Waals surface area contributed by atoms with E-state index in [1.165, 1.54) is 16.8 Å². The van der Waals surface area contributed by atoms with Gasteiger partial charge < -0.3 is 0 Å². The maximum Gasteiger partial charge on any atom is 0.0413 e. The van der Waals surface area contributed by atoms with Crippen molar-refractivity contribution in [2.75, 3.05) is 5.75 Å². The van der Waals surface area contributed by atoms with Crippen LogP contribution in [0.3, 0.4) is 0 Å². The molecule has 1 aromatic heterocycles. The highest BCUT2D eigenvalue weighted by Crippen LogP contribution is 2.28. The van der Waals surface area contributed by atoms with E-state index in [-0.39, 0.29) is 0 Å². The lowest BCUT2D eigenvalue weighted by molar-refractivity contribution is 0.906. The minimum atomic E-state index is 0.514. The van der Waals surface area contributed by atoms with Crippen molar-refractivity contribution in [3.8, 4) is 0 Å². The minimum absolute atomic E-state index is 0.514. The number of rotatable bonds is 0. The molecule has 0 N–H and O–H groups in total. The van der Waals surface area contributed by atoms with Crippen LogP contribution in [0, 0.1) is 6.92 Å². The molecule has 0 radical (unpaired) electrons. The summed E-state index contributed by atoms with van der Waals surface area (Å²) in [7, 11) is 0. The number of thioether (sulfide) groups is 1. The molecule has 0 spiro atoms. The van der Waals surface area contributed by atoms with E-state index < -0.39 is 0 Å². The second-order valence-electron chi connectivity index (χ2n) is 3.70. The zero-order valence-electron chi connectivity index (χ0n) is 8.66. The van der Waals surface area contributed by atoms with E-state index in [1.807, 2.05) is 18.0 Å². The lowest BCUT2D eigenvalue weighted by atomic mass is 9.95. The molecule has 14 heavy (non-hydrogen) atoms. The van der Waals surface area contributed by atoms with Gasteiger partial charge in [0.25, 0.3) is 0 Å². The van der Waals surface area contributed by atoms with E-state index in [0.29, 0.717) is 5.92 Å². The summed E-state index contributed by atoms with van der Waals surface area (Å²) in [6, 6.07) is 2.16. The molecular formula is C12H15NS. The van der Waals surface area contributed by atoms with Gasteiger partial charge >= 0.3 is 0 Å². The van der Waals surface area contributed by atoms with Crippen molar-refractivity contribution in [1.82, 2.24) is 4.98 Å². The fourth-order valence-electron chi connectivity index (χ4n) is 1.97. The number of hydrogen-bond donors (Lipinski definition) is 0. The molecule has 1 unspecified atom stereocenters. The van der Waals surface area contributed by atoms with Gasteiger partial charge in [0.2, 0.25) is 0 Å². The van der Waals surface area contributed by atoms with Gasteiger partial charge in [0, 0.05) is 29.3 Å². The molecular weight excluding hydrogens is 190 g/mol. The van der Waals surface area contributed by atoms with Crippen LogP contribution in [0.5, 0.6) is 0 Å². The highest BCUT2D eigenvalue weighted by atomic mass is 32.2. The fourth-order valence-corrected chi connectivity index (χ4v) is 2.81. The largest absolute Gasteiger partial charge is 0.261 e. The van der Waals surface area contributed by atoms with Gasteiger partial charge in [-0.05, 0) is 24.1 Å². The van der Waals surface area contributed by atoms with Gasteiger partial charge in [-0.15, -0.1) is 0 Å². The maximum atomic E-state index is 4.37. The number of aromatic nitrogens is 1. The molecule has 2 heteroatoms. The van der Waals surface area contributed by atoms with E-state index >= 15 is 0 Å². The molecule has 0 saturated carbocycles. The first kappa shape index (κ1) is 9.78. The van der Waals surface area contributed by atoms with Crippen molar-refractivity contribution in [1.29, 1.82) is 0 Å². The third kappa shape index (κ3) is 1.85. The normalized spacial score (nSPS) is 23.4. The summed E-state index contributed by atoms with van der Waals surface area (Å²) in [6.07, 6.45) is 6.48. The zero-order valence-corrected chi connectivity index (χ0v) is 9.47. The van der Waals surface area contributed by atoms with Gasteiger partial charge in [0.05, 0.1) is 0 Å².